The van der Waals surface area contributed by atoms with Crippen molar-refractivity contribution in [3.8, 4) is 0 Å². The number of piperidine rings is 1. The van der Waals surface area contributed by atoms with Crippen LogP contribution in [0.4, 0.5) is 16.2 Å². The van der Waals surface area contributed by atoms with Crippen LogP contribution in [0.25, 0.3) is 0 Å². The molecule has 22 heavy (non-hydrogen) atoms. The van der Waals surface area contributed by atoms with E-state index in [-0.39, 0.29) is 6.03 Å². The fraction of sp³-hybridized carbons (Fsp3) is 0.353. The molecule has 5 heteroatoms. The van der Waals surface area contributed by atoms with Crippen LogP contribution < -0.4 is 15.5 Å². The van der Waals surface area contributed by atoms with Gasteiger partial charge in [0.1, 0.15) is 5.76 Å². The fourth-order valence-corrected chi connectivity index (χ4v) is 2.74. The maximum Gasteiger partial charge on any atom is 0.319 e. The normalized spacial score (nSPS) is 14.6. The highest BCUT2D eigenvalue weighted by atomic mass is 16.3. The molecule has 2 N–H and O–H groups in total. The van der Waals surface area contributed by atoms with Gasteiger partial charge in [-0.2, -0.15) is 0 Å². The Morgan fingerprint density at radius 3 is 2.68 bits per heavy atom. The van der Waals surface area contributed by atoms with E-state index in [0.29, 0.717) is 6.54 Å². The molecule has 0 radical (unpaired) electrons. The Kier molecular flexibility index (Phi) is 4.63. The highest BCUT2D eigenvalue weighted by Gasteiger charge is 2.15. The lowest BCUT2D eigenvalue weighted by molar-refractivity contribution is 0.251. The standard InChI is InChI=1S/C17H21N3O2/c21-17(18-13-14-7-6-12-22-14)19-15-8-2-3-9-16(15)20-10-4-1-5-11-20/h2-3,6-9,12H,1,4-5,10-11,13H2,(H2,18,19,21). The predicted octanol–water partition coefficient (Wildman–Crippen LogP) is 3.59. The molecule has 0 spiro atoms. The number of amides is 2. The van der Waals surface area contributed by atoms with Crippen LogP contribution in [-0.4, -0.2) is 19.1 Å². The van der Waals surface area contributed by atoms with Crippen LogP contribution in [0.15, 0.2) is 47.1 Å². The summed E-state index contributed by atoms with van der Waals surface area (Å²) in [6, 6.07) is 11.4. The minimum absolute atomic E-state index is 0.221. The van der Waals surface area contributed by atoms with E-state index >= 15 is 0 Å². The molecule has 0 aliphatic carbocycles. The number of urea groups is 1. The molecule has 1 fully saturated rings. The van der Waals surface area contributed by atoms with Crippen molar-refractivity contribution in [3.05, 3.63) is 48.4 Å². The van der Waals surface area contributed by atoms with Gasteiger partial charge in [-0.05, 0) is 43.5 Å². The second kappa shape index (κ2) is 7.02. The Balaban J connectivity index is 1.62. The maximum absolute atomic E-state index is 12.1. The Bertz CT molecular complexity index is 604. The zero-order valence-electron chi connectivity index (χ0n) is 12.5. The van der Waals surface area contributed by atoms with Gasteiger partial charge in [-0.1, -0.05) is 12.1 Å². The van der Waals surface area contributed by atoms with Gasteiger partial charge in [0.25, 0.3) is 0 Å². The Hall–Kier alpha value is -2.43. The van der Waals surface area contributed by atoms with Crippen LogP contribution >= 0.6 is 0 Å². The van der Waals surface area contributed by atoms with Gasteiger partial charge in [0, 0.05) is 13.1 Å². The number of anilines is 2. The van der Waals surface area contributed by atoms with Crippen molar-refractivity contribution in [2.45, 2.75) is 25.8 Å². The molecule has 2 heterocycles. The summed E-state index contributed by atoms with van der Waals surface area (Å²) in [5, 5.41) is 5.74. The van der Waals surface area contributed by atoms with Crippen LogP contribution in [0.2, 0.25) is 0 Å². The van der Waals surface area contributed by atoms with Gasteiger partial charge >= 0.3 is 6.03 Å². The smallest absolute Gasteiger partial charge is 0.319 e. The number of nitrogens with zero attached hydrogens (tertiary/aromatic N) is 1. The third-order valence-corrected chi connectivity index (χ3v) is 3.85. The molecule has 1 aliphatic rings. The number of furan rings is 1. The predicted molar refractivity (Wildman–Crippen MR) is 87.1 cm³/mol. The molecule has 116 valence electrons. The number of hydrogen-bond donors (Lipinski definition) is 2. The van der Waals surface area contributed by atoms with E-state index in [1.165, 1.54) is 19.3 Å². The molecule has 2 aromatic rings. The Morgan fingerprint density at radius 2 is 1.91 bits per heavy atom. The van der Waals surface area contributed by atoms with E-state index in [1.54, 1.807) is 12.3 Å². The van der Waals surface area contributed by atoms with Crippen LogP contribution in [0.3, 0.4) is 0 Å². The maximum atomic E-state index is 12.1. The van der Waals surface area contributed by atoms with Crippen LogP contribution in [-0.2, 0) is 6.54 Å². The topological polar surface area (TPSA) is 57.5 Å². The molecule has 3 rings (SSSR count). The van der Waals surface area contributed by atoms with Crippen LogP contribution in [0.1, 0.15) is 25.0 Å². The number of nitrogens with one attached hydrogen (secondary N) is 2. The molecular formula is C17H21N3O2. The van der Waals surface area contributed by atoms with E-state index in [2.05, 4.69) is 21.6 Å². The minimum Gasteiger partial charge on any atom is -0.467 e. The molecule has 0 saturated carbocycles. The Morgan fingerprint density at radius 1 is 1.09 bits per heavy atom. The quantitative estimate of drug-likeness (QED) is 0.907. The number of para-hydroxylation sites is 2. The molecule has 0 bridgehead atoms. The lowest BCUT2D eigenvalue weighted by Gasteiger charge is -2.30. The summed E-state index contributed by atoms with van der Waals surface area (Å²) in [7, 11) is 0. The lowest BCUT2D eigenvalue weighted by atomic mass is 10.1. The Labute approximate surface area is 130 Å². The first-order chi connectivity index (χ1) is 10.8. The minimum atomic E-state index is -0.221. The summed E-state index contributed by atoms with van der Waals surface area (Å²) in [6.07, 6.45) is 5.30. The van der Waals surface area contributed by atoms with Crippen molar-refractivity contribution in [2.24, 2.45) is 0 Å². The molecule has 2 amide bonds. The lowest BCUT2D eigenvalue weighted by Crippen LogP contribution is -2.32. The summed E-state index contributed by atoms with van der Waals surface area (Å²) >= 11 is 0. The van der Waals surface area contributed by atoms with E-state index in [4.69, 9.17) is 4.42 Å². The highest BCUT2D eigenvalue weighted by Crippen LogP contribution is 2.28. The van der Waals surface area contributed by atoms with Gasteiger partial charge in [0.05, 0.1) is 24.2 Å². The van der Waals surface area contributed by atoms with Crippen LogP contribution in [0.5, 0.6) is 0 Å². The third-order valence-electron chi connectivity index (χ3n) is 3.85. The van der Waals surface area contributed by atoms with Gasteiger partial charge in [0.2, 0.25) is 0 Å². The second-order valence-electron chi connectivity index (χ2n) is 5.45. The van der Waals surface area contributed by atoms with Crippen molar-refractivity contribution < 1.29 is 9.21 Å². The van der Waals surface area contributed by atoms with Crippen molar-refractivity contribution in [3.63, 3.8) is 0 Å². The zero-order chi connectivity index (χ0) is 15.2. The van der Waals surface area contributed by atoms with E-state index in [9.17, 15) is 4.79 Å². The first-order valence-electron chi connectivity index (χ1n) is 7.74. The van der Waals surface area contributed by atoms with E-state index in [1.807, 2.05) is 24.3 Å². The van der Waals surface area contributed by atoms with Crippen molar-refractivity contribution in [1.82, 2.24) is 5.32 Å². The summed E-state index contributed by atoms with van der Waals surface area (Å²) in [5.41, 5.74) is 1.94. The number of hydrogen-bond acceptors (Lipinski definition) is 3. The number of benzene rings is 1. The molecule has 5 nitrogen and oxygen atoms in total. The van der Waals surface area contributed by atoms with Crippen molar-refractivity contribution in [1.29, 1.82) is 0 Å². The summed E-state index contributed by atoms with van der Waals surface area (Å²) in [5.74, 6) is 0.736. The molecule has 1 aromatic carbocycles. The van der Waals surface area contributed by atoms with E-state index < -0.39 is 0 Å². The van der Waals surface area contributed by atoms with Gasteiger partial charge in [-0.15, -0.1) is 0 Å². The molecule has 1 saturated heterocycles. The van der Waals surface area contributed by atoms with Crippen molar-refractivity contribution in [2.75, 3.05) is 23.3 Å². The van der Waals surface area contributed by atoms with Crippen molar-refractivity contribution >= 4 is 17.4 Å². The van der Waals surface area contributed by atoms with Crippen LogP contribution in [0, 0.1) is 0 Å². The van der Waals surface area contributed by atoms with Gasteiger partial charge in [0.15, 0.2) is 0 Å². The largest absolute Gasteiger partial charge is 0.467 e. The third kappa shape index (κ3) is 3.61. The zero-order valence-corrected chi connectivity index (χ0v) is 12.5. The average Bonchev–Trinajstić information content (AvgIpc) is 3.08. The number of carbonyl (C=O) groups excluding carboxylic acids is 1. The number of carbonyl (C=O) groups is 1. The molecule has 0 unspecified atom stereocenters. The monoisotopic (exact) mass is 299 g/mol. The molecule has 1 aliphatic heterocycles. The van der Waals surface area contributed by atoms with Gasteiger partial charge in [-0.25, -0.2) is 4.79 Å². The number of rotatable bonds is 4. The highest BCUT2D eigenvalue weighted by molar-refractivity contribution is 5.93. The fourth-order valence-electron chi connectivity index (χ4n) is 2.74. The van der Waals surface area contributed by atoms with Gasteiger partial charge < -0.3 is 20.0 Å². The first kappa shape index (κ1) is 14.5. The molecule has 1 aromatic heterocycles. The SMILES string of the molecule is O=C(NCc1ccco1)Nc1ccccc1N1CCCCC1. The van der Waals surface area contributed by atoms with E-state index in [0.717, 1.165) is 30.2 Å². The summed E-state index contributed by atoms with van der Waals surface area (Å²) < 4.78 is 5.20. The second-order valence-corrected chi connectivity index (χ2v) is 5.45. The van der Waals surface area contributed by atoms with Gasteiger partial charge in [-0.3, -0.25) is 0 Å². The average molecular weight is 299 g/mol. The molecule has 0 atom stereocenters. The summed E-state index contributed by atoms with van der Waals surface area (Å²) in [4.78, 5) is 14.4. The first-order valence-corrected chi connectivity index (χ1v) is 7.74. The summed E-state index contributed by atoms with van der Waals surface area (Å²) in [6.45, 7) is 2.48. The molecular weight excluding hydrogens is 278 g/mol.